The van der Waals surface area contributed by atoms with Crippen molar-refractivity contribution in [3.8, 4) is 0 Å². The molecule has 0 unspecified atom stereocenters. The predicted octanol–water partition coefficient (Wildman–Crippen LogP) is 1.44. The van der Waals surface area contributed by atoms with Gasteiger partial charge in [0.15, 0.2) is 5.65 Å². The van der Waals surface area contributed by atoms with Crippen LogP contribution in [0.15, 0.2) is 45.7 Å². The van der Waals surface area contributed by atoms with Gasteiger partial charge in [0, 0.05) is 5.39 Å². The molecule has 0 aliphatic rings. The largest absolute Gasteiger partial charge is 0.460 e. The lowest BCUT2D eigenvalue weighted by Gasteiger charge is -1.97. The normalized spacial score (nSPS) is 11.1. The maximum Gasteiger partial charge on any atom is 0.460 e. The molecule has 0 saturated carbocycles. The van der Waals surface area contributed by atoms with Gasteiger partial charge in [-0.1, -0.05) is 18.2 Å². The maximum atomic E-state index is 10.9. The van der Waals surface area contributed by atoms with Crippen LogP contribution < -0.4 is 5.76 Å². The van der Waals surface area contributed by atoms with Crippen molar-refractivity contribution < 1.29 is 4.52 Å². The molecule has 0 atom stereocenters. The minimum atomic E-state index is -0.568. The Balaban J connectivity index is 2.66. The van der Waals surface area contributed by atoms with E-state index in [2.05, 4.69) is 4.98 Å². The lowest BCUT2D eigenvalue weighted by Crippen LogP contribution is -1.93. The molecule has 1 aromatic carbocycles. The Kier molecular flexibility index (Phi) is 1.28. The van der Waals surface area contributed by atoms with E-state index in [0.29, 0.717) is 5.65 Å². The molecule has 0 spiro atoms. The fourth-order valence-corrected chi connectivity index (χ4v) is 1.54. The second kappa shape index (κ2) is 2.45. The second-order valence-electron chi connectivity index (χ2n) is 3.01. The van der Waals surface area contributed by atoms with Gasteiger partial charge < -0.3 is 4.52 Å². The molecule has 4 heteroatoms. The highest BCUT2D eigenvalue weighted by atomic mass is 16.5. The Labute approximate surface area is 78.4 Å². The summed E-state index contributed by atoms with van der Waals surface area (Å²) in [6, 6.07) is 11.3. The molecule has 0 amide bonds. The van der Waals surface area contributed by atoms with Gasteiger partial charge in [0.1, 0.15) is 0 Å². The summed E-state index contributed by atoms with van der Waals surface area (Å²) < 4.78 is 6.37. The van der Waals surface area contributed by atoms with Crippen molar-refractivity contribution in [1.29, 1.82) is 0 Å². The molecular weight excluding hydrogens is 180 g/mol. The third kappa shape index (κ3) is 0.877. The van der Waals surface area contributed by atoms with Crippen molar-refractivity contribution in [1.82, 2.24) is 9.56 Å². The number of aromatic nitrogens is 2. The van der Waals surface area contributed by atoms with Crippen LogP contribution in [0.5, 0.6) is 0 Å². The van der Waals surface area contributed by atoms with Crippen molar-refractivity contribution in [2.45, 2.75) is 0 Å². The van der Waals surface area contributed by atoms with Gasteiger partial charge in [-0.15, -0.1) is 0 Å². The van der Waals surface area contributed by atoms with E-state index in [1.165, 1.54) is 4.57 Å². The Bertz CT molecular complexity index is 666. The molecule has 0 aliphatic carbocycles. The van der Waals surface area contributed by atoms with Crippen molar-refractivity contribution in [3.05, 3.63) is 46.9 Å². The zero-order valence-corrected chi connectivity index (χ0v) is 7.18. The first-order valence-electron chi connectivity index (χ1n) is 4.22. The zero-order chi connectivity index (χ0) is 9.54. The molecule has 2 aromatic heterocycles. The number of benzene rings is 1. The van der Waals surface area contributed by atoms with E-state index >= 15 is 0 Å². The highest BCUT2D eigenvalue weighted by Crippen LogP contribution is 2.14. The van der Waals surface area contributed by atoms with Gasteiger partial charge in [-0.3, -0.25) is 0 Å². The van der Waals surface area contributed by atoms with Crippen LogP contribution in [0, 0.1) is 0 Å². The van der Waals surface area contributed by atoms with E-state index in [0.717, 1.165) is 10.9 Å². The van der Waals surface area contributed by atoms with E-state index < -0.39 is 5.76 Å². The summed E-state index contributed by atoms with van der Waals surface area (Å²) in [7, 11) is 0. The molecule has 0 saturated heterocycles. The van der Waals surface area contributed by atoms with Crippen LogP contribution in [0.1, 0.15) is 0 Å². The number of para-hydroxylation sites is 1. The topological polar surface area (TPSA) is 47.5 Å². The lowest BCUT2D eigenvalue weighted by molar-refractivity contribution is 0.356. The maximum absolute atomic E-state index is 10.9. The van der Waals surface area contributed by atoms with Crippen LogP contribution in [-0.2, 0) is 0 Å². The molecule has 4 nitrogen and oxygen atoms in total. The fraction of sp³-hybridized carbons (Fsp3) is 0. The standard InChI is InChI=1S/C10H6N2O2/c13-10-11-9-6-5-7-3-1-2-4-8(7)12(9)14-10/h1-6H. The molecule has 0 fully saturated rings. The predicted molar refractivity (Wildman–Crippen MR) is 51.2 cm³/mol. The van der Waals surface area contributed by atoms with Gasteiger partial charge in [0.25, 0.3) is 0 Å². The highest BCUT2D eigenvalue weighted by molar-refractivity contribution is 5.80. The summed E-state index contributed by atoms with van der Waals surface area (Å²) in [6.07, 6.45) is 0. The summed E-state index contributed by atoms with van der Waals surface area (Å²) >= 11 is 0. The number of hydrogen-bond donors (Lipinski definition) is 0. The Morgan fingerprint density at radius 2 is 2.00 bits per heavy atom. The van der Waals surface area contributed by atoms with Gasteiger partial charge in [-0.25, -0.2) is 4.79 Å². The minimum Gasteiger partial charge on any atom is -0.313 e. The van der Waals surface area contributed by atoms with E-state index in [1.54, 1.807) is 6.07 Å². The smallest absolute Gasteiger partial charge is 0.313 e. The SMILES string of the molecule is O=c1nc2ccc3ccccc3n2o1. The quantitative estimate of drug-likeness (QED) is 0.533. The summed E-state index contributed by atoms with van der Waals surface area (Å²) in [5.41, 5.74) is 1.38. The molecule has 68 valence electrons. The molecule has 0 radical (unpaired) electrons. The molecule has 3 aromatic rings. The minimum absolute atomic E-state index is 0.536. The zero-order valence-electron chi connectivity index (χ0n) is 7.18. The molecule has 0 aliphatic heterocycles. The summed E-state index contributed by atoms with van der Waals surface area (Å²) in [6.45, 7) is 0. The van der Waals surface area contributed by atoms with Crippen molar-refractivity contribution in [2.75, 3.05) is 0 Å². The summed E-state index contributed by atoms with van der Waals surface area (Å²) in [5.74, 6) is -0.568. The number of pyridine rings is 1. The van der Waals surface area contributed by atoms with Gasteiger partial charge in [-0.2, -0.15) is 9.56 Å². The average Bonchev–Trinajstić information content (AvgIpc) is 2.59. The van der Waals surface area contributed by atoms with Gasteiger partial charge in [0.2, 0.25) is 0 Å². The molecule has 0 N–H and O–H groups in total. The first-order valence-corrected chi connectivity index (χ1v) is 4.22. The van der Waals surface area contributed by atoms with Gasteiger partial charge >= 0.3 is 5.76 Å². The van der Waals surface area contributed by atoms with Crippen molar-refractivity contribution >= 4 is 16.6 Å². The highest BCUT2D eigenvalue weighted by Gasteiger charge is 2.03. The van der Waals surface area contributed by atoms with Crippen LogP contribution in [0.3, 0.4) is 0 Å². The number of rotatable bonds is 0. The van der Waals surface area contributed by atoms with E-state index in [-0.39, 0.29) is 0 Å². The Hall–Kier alpha value is -2.10. The number of nitrogens with zero attached hydrogens (tertiary/aromatic N) is 2. The van der Waals surface area contributed by atoms with Crippen LogP contribution in [0.25, 0.3) is 16.6 Å². The van der Waals surface area contributed by atoms with E-state index in [9.17, 15) is 4.79 Å². The van der Waals surface area contributed by atoms with Crippen molar-refractivity contribution in [2.24, 2.45) is 0 Å². The molecule has 14 heavy (non-hydrogen) atoms. The molecule has 3 rings (SSSR count). The van der Waals surface area contributed by atoms with Crippen LogP contribution in [0.2, 0.25) is 0 Å². The van der Waals surface area contributed by atoms with Crippen LogP contribution >= 0.6 is 0 Å². The van der Waals surface area contributed by atoms with Crippen LogP contribution in [-0.4, -0.2) is 9.56 Å². The lowest BCUT2D eigenvalue weighted by atomic mass is 10.2. The average molecular weight is 186 g/mol. The van der Waals surface area contributed by atoms with E-state index in [1.807, 2.05) is 30.3 Å². The number of hydrogen-bond acceptors (Lipinski definition) is 3. The second-order valence-corrected chi connectivity index (χ2v) is 3.01. The van der Waals surface area contributed by atoms with E-state index in [4.69, 9.17) is 4.52 Å². The monoisotopic (exact) mass is 186 g/mol. The van der Waals surface area contributed by atoms with Crippen LogP contribution in [0.4, 0.5) is 0 Å². The molecular formula is C10H6N2O2. The van der Waals surface area contributed by atoms with Gasteiger partial charge in [-0.05, 0) is 18.2 Å². The summed E-state index contributed by atoms with van der Waals surface area (Å²) in [4.78, 5) is 14.6. The fourth-order valence-electron chi connectivity index (χ4n) is 1.54. The molecule has 0 bridgehead atoms. The third-order valence-electron chi connectivity index (χ3n) is 2.15. The summed E-state index contributed by atoms with van der Waals surface area (Å²) in [5, 5.41) is 1.01. The third-order valence-corrected chi connectivity index (χ3v) is 2.15. The Morgan fingerprint density at radius 1 is 1.14 bits per heavy atom. The van der Waals surface area contributed by atoms with Gasteiger partial charge in [0.05, 0.1) is 5.52 Å². The van der Waals surface area contributed by atoms with Crippen molar-refractivity contribution in [3.63, 3.8) is 0 Å². The first-order chi connectivity index (χ1) is 6.84. The number of fused-ring (bicyclic) bond motifs is 3. The molecule has 2 heterocycles. The first kappa shape index (κ1) is 7.32. The Morgan fingerprint density at radius 3 is 2.93 bits per heavy atom.